The van der Waals surface area contributed by atoms with Crippen LogP contribution in [0.3, 0.4) is 0 Å². The Morgan fingerprint density at radius 1 is 1.44 bits per heavy atom. The number of hydrogen-bond donors (Lipinski definition) is 2. The van der Waals surface area contributed by atoms with Crippen molar-refractivity contribution >= 4 is 11.8 Å². The van der Waals surface area contributed by atoms with Crippen LogP contribution in [-0.2, 0) is 0 Å². The third-order valence-electron chi connectivity index (χ3n) is 2.68. The van der Waals surface area contributed by atoms with Gasteiger partial charge in [0.05, 0.1) is 13.2 Å². The predicted octanol–water partition coefficient (Wildman–Crippen LogP) is 2.06. The Balaban J connectivity index is 2.98. The summed E-state index contributed by atoms with van der Waals surface area (Å²) < 4.78 is 5.29. The van der Waals surface area contributed by atoms with Crippen molar-refractivity contribution in [3.63, 3.8) is 0 Å². The first-order chi connectivity index (χ1) is 7.63. The quantitative estimate of drug-likeness (QED) is 0.774. The Morgan fingerprint density at radius 3 is 2.62 bits per heavy atom. The molecule has 16 heavy (non-hydrogen) atoms. The fourth-order valence-electron chi connectivity index (χ4n) is 1.48. The largest absolute Gasteiger partial charge is 0.496 e. The Kier molecular flexibility index (Phi) is 5.12. The van der Waals surface area contributed by atoms with Crippen molar-refractivity contribution in [1.29, 1.82) is 0 Å². The first-order valence-electron chi connectivity index (χ1n) is 5.21. The fourth-order valence-corrected chi connectivity index (χ4v) is 2.03. The maximum Gasteiger partial charge on any atom is 0.132 e. The van der Waals surface area contributed by atoms with Crippen LogP contribution in [0, 0.1) is 0 Å². The van der Waals surface area contributed by atoms with Crippen molar-refractivity contribution in [1.82, 2.24) is 5.32 Å². The van der Waals surface area contributed by atoms with Gasteiger partial charge in [0, 0.05) is 10.9 Å². The molecule has 1 aromatic rings. The van der Waals surface area contributed by atoms with Gasteiger partial charge in [-0.1, -0.05) is 6.07 Å². The summed E-state index contributed by atoms with van der Waals surface area (Å²) in [5, 5.41) is 13.1. The molecule has 2 atom stereocenters. The number of methoxy groups -OCH3 is 1. The van der Waals surface area contributed by atoms with Crippen LogP contribution >= 0.6 is 11.8 Å². The van der Waals surface area contributed by atoms with Crippen LogP contribution in [0.1, 0.15) is 18.6 Å². The second-order valence-electron chi connectivity index (χ2n) is 3.64. The highest BCUT2D eigenvalue weighted by Gasteiger charge is 2.16. The van der Waals surface area contributed by atoms with E-state index < -0.39 is 6.10 Å². The van der Waals surface area contributed by atoms with E-state index in [1.54, 1.807) is 18.9 Å². The number of thioether (sulfide) groups is 1. The molecule has 0 saturated heterocycles. The fraction of sp³-hybridized carbons (Fsp3) is 0.500. The molecule has 90 valence electrons. The number of nitrogens with one attached hydrogen (secondary N) is 1. The van der Waals surface area contributed by atoms with Gasteiger partial charge in [0.1, 0.15) is 5.75 Å². The second kappa shape index (κ2) is 6.13. The minimum Gasteiger partial charge on any atom is -0.496 e. The molecule has 4 heteroatoms. The molecule has 1 unspecified atom stereocenters. The molecule has 0 aromatic heterocycles. The van der Waals surface area contributed by atoms with Gasteiger partial charge in [-0.05, 0) is 37.9 Å². The number of aliphatic hydroxyl groups excluding tert-OH is 1. The van der Waals surface area contributed by atoms with E-state index in [4.69, 9.17) is 4.74 Å². The van der Waals surface area contributed by atoms with E-state index in [-0.39, 0.29) is 6.04 Å². The molecule has 1 rings (SSSR count). The number of rotatable bonds is 5. The zero-order valence-corrected chi connectivity index (χ0v) is 11.0. The Bertz CT molecular complexity index is 344. The summed E-state index contributed by atoms with van der Waals surface area (Å²) in [5.41, 5.74) is 0.872. The van der Waals surface area contributed by atoms with Crippen molar-refractivity contribution < 1.29 is 9.84 Å². The minimum absolute atomic E-state index is 0.0184. The first-order valence-corrected chi connectivity index (χ1v) is 6.43. The first kappa shape index (κ1) is 13.4. The molecule has 3 nitrogen and oxygen atoms in total. The van der Waals surface area contributed by atoms with E-state index in [1.807, 2.05) is 38.4 Å². The van der Waals surface area contributed by atoms with Crippen molar-refractivity contribution in [2.75, 3.05) is 20.4 Å². The number of likely N-dealkylation sites (N-methyl/N-ethyl adjacent to an activating group) is 1. The molecule has 0 heterocycles. The van der Waals surface area contributed by atoms with Crippen molar-refractivity contribution in [2.24, 2.45) is 0 Å². The average Bonchev–Trinajstić information content (AvgIpc) is 2.35. The summed E-state index contributed by atoms with van der Waals surface area (Å²) in [6, 6.07) is 5.83. The highest BCUT2D eigenvalue weighted by atomic mass is 32.2. The van der Waals surface area contributed by atoms with Gasteiger partial charge in [-0.2, -0.15) is 0 Å². The lowest BCUT2D eigenvalue weighted by molar-refractivity contribution is 0.139. The molecule has 0 aliphatic carbocycles. The van der Waals surface area contributed by atoms with Gasteiger partial charge in [-0.25, -0.2) is 0 Å². The smallest absolute Gasteiger partial charge is 0.132 e. The SMILES string of the molecule is CN[C@H](C)C(O)c1ccc(SC)c(OC)c1. The van der Waals surface area contributed by atoms with Gasteiger partial charge in [-0.3, -0.25) is 0 Å². The Hall–Kier alpha value is -0.710. The molecule has 0 spiro atoms. The highest BCUT2D eigenvalue weighted by molar-refractivity contribution is 7.98. The summed E-state index contributed by atoms with van der Waals surface area (Å²) in [7, 11) is 3.48. The lowest BCUT2D eigenvalue weighted by Crippen LogP contribution is -2.28. The molecular formula is C12H19NO2S. The Morgan fingerprint density at radius 2 is 2.12 bits per heavy atom. The molecule has 2 N–H and O–H groups in total. The van der Waals surface area contributed by atoms with E-state index in [2.05, 4.69) is 5.32 Å². The van der Waals surface area contributed by atoms with E-state index in [1.165, 1.54) is 0 Å². The van der Waals surface area contributed by atoms with E-state index in [0.29, 0.717) is 0 Å². The molecule has 0 bridgehead atoms. The van der Waals surface area contributed by atoms with Crippen LogP contribution in [0.5, 0.6) is 5.75 Å². The third-order valence-corrected chi connectivity index (χ3v) is 3.46. The molecular weight excluding hydrogens is 222 g/mol. The van der Waals surface area contributed by atoms with Gasteiger partial charge in [0.2, 0.25) is 0 Å². The van der Waals surface area contributed by atoms with Gasteiger partial charge >= 0.3 is 0 Å². The zero-order chi connectivity index (χ0) is 12.1. The predicted molar refractivity (Wildman–Crippen MR) is 68.3 cm³/mol. The monoisotopic (exact) mass is 241 g/mol. The summed E-state index contributed by atoms with van der Waals surface area (Å²) in [5.74, 6) is 0.812. The molecule has 0 aliphatic heterocycles. The number of benzene rings is 1. The van der Waals surface area contributed by atoms with E-state index in [0.717, 1.165) is 16.2 Å². The number of aliphatic hydroxyl groups is 1. The van der Waals surface area contributed by atoms with Crippen LogP contribution in [0.25, 0.3) is 0 Å². The minimum atomic E-state index is -0.519. The summed E-state index contributed by atoms with van der Waals surface area (Å²) in [6.45, 7) is 1.94. The van der Waals surface area contributed by atoms with Crippen molar-refractivity contribution in [3.05, 3.63) is 23.8 Å². The maximum absolute atomic E-state index is 10.0. The third kappa shape index (κ3) is 2.90. The summed E-state index contributed by atoms with van der Waals surface area (Å²) in [6.07, 6.45) is 1.49. The topological polar surface area (TPSA) is 41.5 Å². The number of ether oxygens (including phenoxy) is 1. The normalized spacial score (nSPS) is 14.6. The maximum atomic E-state index is 10.0. The Labute approximate surface area is 101 Å². The van der Waals surface area contributed by atoms with Crippen LogP contribution in [0.15, 0.2) is 23.1 Å². The van der Waals surface area contributed by atoms with Gasteiger partial charge in [0.15, 0.2) is 0 Å². The van der Waals surface area contributed by atoms with Crippen LogP contribution < -0.4 is 10.1 Å². The van der Waals surface area contributed by atoms with Crippen LogP contribution in [0.4, 0.5) is 0 Å². The van der Waals surface area contributed by atoms with E-state index in [9.17, 15) is 5.11 Å². The molecule has 0 saturated carbocycles. The highest BCUT2D eigenvalue weighted by Crippen LogP contribution is 2.31. The van der Waals surface area contributed by atoms with Crippen LogP contribution in [0.2, 0.25) is 0 Å². The molecule has 1 aromatic carbocycles. The van der Waals surface area contributed by atoms with Gasteiger partial charge < -0.3 is 15.2 Å². The standard InChI is InChI=1S/C12H19NO2S/c1-8(13-2)12(14)9-5-6-11(16-4)10(7-9)15-3/h5-8,12-14H,1-4H3/t8-,12?/m1/s1. The van der Waals surface area contributed by atoms with Crippen LogP contribution in [-0.4, -0.2) is 31.6 Å². The zero-order valence-electron chi connectivity index (χ0n) is 10.2. The average molecular weight is 241 g/mol. The lowest BCUT2D eigenvalue weighted by atomic mass is 10.0. The summed E-state index contributed by atoms with van der Waals surface area (Å²) >= 11 is 1.63. The molecule has 0 fully saturated rings. The molecule has 0 amide bonds. The molecule has 0 radical (unpaired) electrons. The van der Waals surface area contributed by atoms with E-state index >= 15 is 0 Å². The van der Waals surface area contributed by atoms with Crippen molar-refractivity contribution in [3.8, 4) is 5.75 Å². The molecule has 0 aliphatic rings. The second-order valence-corrected chi connectivity index (χ2v) is 4.48. The van der Waals surface area contributed by atoms with Crippen molar-refractivity contribution in [2.45, 2.75) is 24.0 Å². The number of hydrogen-bond acceptors (Lipinski definition) is 4. The van der Waals surface area contributed by atoms with Gasteiger partial charge in [0.25, 0.3) is 0 Å². The van der Waals surface area contributed by atoms with Gasteiger partial charge in [-0.15, -0.1) is 11.8 Å². The lowest BCUT2D eigenvalue weighted by Gasteiger charge is -2.19. The summed E-state index contributed by atoms with van der Waals surface area (Å²) in [4.78, 5) is 1.08.